The van der Waals surface area contributed by atoms with Crippen LogP contribution in [0.5, 0.6) is 11.5 Å². The van der Waals surface area contributed by atoms with Crippen LogP contribution in [0.2, 0.25) is 0 Å². The molecule has 12 nitrogen and oxygen atoms in total. The molecule has 6 aromatic rings. The monoisotopic (exact) mass is 576 g/mol. The Labute approximate surface area is 245 Å². The van der Waals surface area contributed by atoms with Crippen LogP contribution in [0.4, 0.5) is 11.4 Å². The molecule has 0 saturated heterocycles. The fourth-order valence-electron chi connectivity index (χ4n) is 4.54. The number of nitro benzene ring substituents is 2. The van der Waals surface area contributed by atoms with Gasteiger partial charge in [-0.2, -0.15) is 10.2 Å². The van der Waals surface area contributed by atoms with Crippen molar-refractivity contribution in [2.75, 3.05) is 7.11 Å². The summed E-state index contributed by atoms with van der Waals surface area (Å²) in [6, 6.07) is 30.6. The van der Waals surface area contributed by atoms with Gasteiger partial charge in [-0.3, -0.25) is 20.2 Å². The van der Waals surface area contributed by atoms with E-state index in [1.165, 1.54) is 16.8 Å². The number of benzene rings is 4. The summed E-state index contributed by atoms with van der Waals surface area (Å²) in [6.07, 6.45) is 3.15. The average Bonchev–Trinajstić information content (AvgIpc) is 3.72. The number of nitrogens with zero attached hydrogens (tertiary/aromatic N) is 6. The molecule has 4 aromatic carbocycles. The third-order valence-electron chi connectivity index (χ3n) is 6.46. The van der Waals surface area contributed by atoms with E-state index >= 15 is 0 Å². The summed E-state index contributed by atoms with van der Waals surface area (Å²) in [4.78, 5) is 21.5. The second-order valence-corrected chi connectivity index (χ2v) is 8.97. The third kappa shape index (κ3) is 5.79. The number of hydrogen-bond acceptors (Lipinski definition) is 8. The van der Waals surface area contributed by atoms with Crippen LogP contribution in [0.25, 0.3) is 33.9 Å². The van der Waals surface area contributed by atoms with Gasteiger partial charge < -0.3 is 9.84 Å². The van der Waals surface area contributed by atoms with Crippen molar-refractivity contribution < 1.29 is 19.7 Å². The van der Waals surface area contributed by atoms with Gasteiger partial charge in [0, 0.05) is 23.3 Å². The first-order chi connectivity index (χ1) is 20.9. The molecule has 6 rings (SSSR count). The van der Waals surface area contributed by atoms with Crippen LogP contribution in [-0.4, -0.2) is 41.6 Å². The summed E-state index contributed by atoms with van der Waals surface area (Å²) in [7, 11) is 1.59. The maximum atomic E-state index is 11.2. The van der Waals surface area contributed by atoms with Crippen molar-refractivity contribution in [3.63, 3.8) is 0 Å². The first-order valence-corrected chi connectivity index (χ1v) is 12.9. The van der Waals surface area contributed by atoms with Crippen molar-refractivity contribution in [1.29, 1.82) is 0 Å². The number of phenols is 1. The van der Waals surface area contributed by atoms with Crippen molar-refractivity contribution >= 4 is 11.4 Å². The maximum absolute atomic E-state index is 11.2. The van der Waals surface area contributed by atoms with E-state index in [0.29, 0.717) is 28.4 Å². The summed E-state index contributed by atoms with van der Waals surface area (Å²) < 4.78 is 8.37. The van der Waals surface area contributed by atoms with E-state index in [4.69, 9.17) is 4.74 Å². The molecule has 214 valence electrons. The molecule has 0 spiro atoms. The normalized spacial score (nSPS) is 10.4. The zero-order valence-electron chi connectivity index (χ0n) is 22.7. The number of aromatic hydroxyl groups is 1. The van der Waals surface area contributed by atoms with Crippen molar-refractivity contribution in [2.24, 2.45) is 0 Å². The fourth-order valence-corrected chi connectivity index (χ4v) is 4.54. The van der Waals surface area contributed by atoms with E-state index in [1.54, 1.807) is 97.0 Å². The molecule has 0 aliphatic rings. The third-order valence-corrected chi connectivity index (χ3v) is 6.46. The summed E-state index contributed by atoms with van der Waals surface area (Å²) in [6.45, 7) is 0. The molecule has 0 saturated carbocycles. The zero-order valence-corrected chi connectivity index (χ0v) is 22.7. The molecule has 2 heterocycles. The van der Waals surface area contributed by atoms with Crippen molar-refractivity contribution in [3.05, 3.63) is 142 Å². The lowest BCUT2D eigenvalue weighted by molar-refractivity contribution is -0.384. The van der Waals surface area contributed by atoms with E-state index in [1.807, 2.05) is 24.3 Å². The molecular formula is C31H24N6O6. The number of para-hydroxylation sites is 6. The van der Waals surface area contributed by atoms with Gasteiger partial charge in [-0.1, -0.05) is 48.5 Å². The molecule has 12 heteroatoms. The summed E-state index contributed by atoms with van der Waals surface area (Å²) in [5, 5.41) is 40.7. The lowest BCUT2D eigenvalue weighted by Crippen LogP contribution is -2.03. The van der Waals surface area contributed by atoms with Crippen LogP contribution >= 0.6 is 0 Å². The Morgan fingerprint density at radius 3 is 1.58 bits per heavy atom. The lowest BCUT2D eigenvalue weighted by Gasteiger charge is -2.11. The fraction of sp³-hybridized carbons (Fsp3) is 0.0323. The average molecular weight is 577 g/mol. The smallest absolute Gasteiger partial charge is 0.294 e. The topological polar surface area (TPSA) is 151 Å². The quantitative estimate of drug-likeness (QED) is 0.165. The number of hydrogen-bond donors (Lipinski definition) is 1. The predicted molar refractivity (Wildman–Crippen MR) is 160 cm³/mol. The Morgan fingerprint density at radius 2 is 1.07 bits per heavy atom. The second kappa shape index (κ2) is 12.5. The predicted octanol–water partition coefficient (Wildman–Crippen LogP) is 6.61. The van der Waals surface area contributed by atoms with Gasteiger partial charge in [0.2, 0.25) is 0 Å². The minimum Gasteiger partial charge on any atom is -0.507 e. The van der Waals surface area contributed by atoms with E-state index in [0.717, 1.165) is 11.3 Å². The second-order valence-electron chi connectivity index (χ2n) is 8.97. The van der Waals surface area contributed by atoms with Gasteiger partial charge in [-0.25, -0.2) is 9.36 Å². The summed E-state index contributed by atoms with van der Waals surface area (Å²) in [5.41, 5.74) is 3.42. The Balaban J connectivity index is 0.000000171. The molecule has 0 aliphatic carbocycles. The van der Waals surface area contributed by atoms with Gasteiger partial charge in [0.05, 0.1) is 40.7 Å². The molecule has 0 atom stereocenters. The van der Waals surface area contributed by atoms with Crippen LogP contribution < -0.4 is 4.74 Å². The molecule has 2 aromatic heterocycles. The number of rotatable bonds is 7. The highest BCUT2D eigenvalue weighted by molar-refractivity contribution is 5.71. The van der Waals surface area contributed by atoms with Gasteiger partial charge in [0.1, 0.15) is 22.9 Å². The molecular weight excluding hydrogens is 552 g/mol. The van der Waals surface area contributed by atoms with Crippen molar-refractivity contribution in [3.8, 4) is 45.4 Å². The molecule has 0 unspecified atom stereocenters. The first kappa shape index (κ1) is 28.2. The van der Waals surface area contributed by atoms with E-state index in [9.17, 15) is 25.3 Å². The molecule has 0 bridgehead atoms. The van der Waals surface area contributed by atoms with Crippen molar-refractivity contribution in [2.45, 2.75) is 0 Å². The minimum absolute atomic E-state index is 0.00217. The van der Waals surface area contributed by atoms with Gasteiger partial charge in [0.25, 0.3) is 11.4 Å². The molecule has 0 amide bonds. The highest BCUT2D eigenvalue weighted by atomic mass is 16.6. The summed E-state index contributed by atoms with van der Waals surface area (Å²) in [5.74, 6) is 0.778. The standard InChI is InChI=1S/C16H13N3O3.C15H11N3O3/c1-22-16-9-5-2-6-12(16)13-10-11-17-18(13)14-7-3-4-8-15(14)19(20)21;19-15-8-4-1-5-11(15)12-9-10-16-17(12)13-6-2-3-7-14(13)18(20)21/h2-11H,1H3;1-10,19H. The van der Waals surface area contributed by atoms with Crippen LogP contribution in [0.3, 0.4) is 0 Å². The molecule has 0 aliphatic heterocycles. The Morgan fingerprint density at radius 1 is 0.628 bits per heavy atom. The van der Waals surface area contributed by atoms with Crippen molar-refractivity contribution in [1.82, 2.24) is 19.6 Å². The Bertz CT molecular complexity index is 1910. The largest absolute Gasteiger partial charge is 0.507 e. The van der Waals surface area contributed by atoms with Gasteiger partial charge >= 0.3 is 0 Å². The van der Waals surface area contributed by atoms with E-state index in [-0.39, 0.29) is 17.1 Å². The first-order valence-electron chi connectivity index (χ1n) is 12.9. The maximum Gasteiger partial charge on any atom is 0.294 e. The number of ether oxygens (including phenoxy) is 1. The zero-order chi connectivity index (χ0) is 30.3. The van der Waals surface area contributed by atoms with Crippen LogP contribution in [0.1, 0.15) is 0 Å². The van der Waals surface area contributed by atoms with Gasteiger partial charge in [-0.05, 0) is 48.5 Å². The molecule has 0 radical (unpaired) electrons. The van der Waals surface area contributed by atoms with Gasteiger partial charge in [-0.15, -0.1) is 0 Å². The summed E-state index contributed by atoms with van der Waals surface area (Å²) >= 11 is 0. The molecule has 43 heavy (non-hydrogen) atoms. The highest BCUT2D eigenvalue weighted by Gasteiger charge is 2.20. The van der Waals surface area contributed by atoms with Crippen LogP contribution in [0.15, 0.2) is 122 Å². The molecule has 1 N–H and O–H groups in total. The number of aromatic nitrogens is 4. The van der Waals surface area contributed by atoms with E-state index in [2.05, 4.69) is 10.2 Å². The number of phenolic OH excluding ortho intramolecular Hbond substituents is 1. The Kier molecular flexibility index (Phi) is 8.19. The van der Waals surface area contributed by atoms with E-state index < -0.39 is 9.85 Å². The number of methoxy groups -OCH3 is 1. The Hall–Kier alpha value is -6.30. The molecule has 0 fully saturated rings. The van der Waals surface area contributed by atoms with Crippen LogP contribution in [0, 0.1) is 20.2 Å². The SMILES string of the molecule is COc1ccccc1-c1ccnn1-c1ccccc1[N+](=O)[O-].O=[N+]([O-])c1ccccc1-n1nccc1-c1ccccc1O. The lowest BCUT2D eigenvalue weighted by atomic mass is 10.1. The minimum atomic E-state index is -0.453. The van der Waals surface area contributed by atoms with Gasteiger partial charge in [0.15, 0.2) is 0 Å². The van der Waals surface area contributed by atoms with Crippen LogP contribution in [-0.2, 0) is 0 Å². The number of nitro groups is 2. The highest BCUT2D eigenvalue weighted by Crippen LogP contribution is 2.34.